The van der Waals surface area contributed by atoms with Crippen LogP contribution >= 0.6 is 0 Å². The molecule has 3 aromatic carbocycles. The number of carbonyl (C=O) groups excluding carboxylic acids is 1. The summed E-state index contributed by atoms with van der Waals surface area (Å²) in [5.41, 5.74) is 21.7. The average molecular weight is 470 g/mol. The highest BCUT2D eigenvalue weighted by Gasteiger charge is 2.23. The van der Waals surface area contributed by atoms with E-state index in [9.17, 15) is 9.90 Å². The van der Waals surface area contributed by atoms with Crippen molar-refractivity contribution in [2.45, 2.75) is 50.9 Å². The first-order valence-corrected chi connectivity index (χ1v) is 12.1. The lowest BCUT2D eigenvalue weighted by atomic mass is 9.92. The van der Waals surface area contributed by atoms with E-state index in [-0.39, 0.29) is 18.7 Å². The van der Waals surface area contributed by atoms with Gasteiger partial charge in [0.2, 0.25) is 0 Å². The Kier molecular flexibility index (Phi) is 6.28. The van der Waals surface area contributed by atoms with Crippen LogP contribution in [0, 0.1) is 0 Å². The fourth-order valence-corrected chi connectivity index (χ4v) is 5.29. The number of amides is 1. The number of benzene rings is 3. The van der Waals surface area contributed by atoms with Gasteiger partial charge in [0, 0.05) is 29.1 Å². The van der Waals surface area contributed by atoms with Crippen molar-refractivity contribution in [1.29, 1.82) is 0 Å². The molecule has 0 aliphatic heterocycles. The minimum absolute atomic E-state index is 0.169. The maximum Gasteiger partial charge on any atom is 0.265 e. The normalized spacial score (nSPS) is 18.9. The fourth-order valence-electron chi connectivity index (χ4n) is 5.29. The Labute approximate surface area is 204 Å². The molecule has 1 fully saturated rings. The number of primary amides is 1. The van der Waals surface area contributed by atoms with Gasteiger partial charge in [0.15, 0.2) is 0 Å². The lowest BCUT2D eigenvalue weighted by Crippen LogP contribution is -2.29. The summed E-state index contributed by atoms with van der Waals surface area (Å²) in [6.07, 6.45) is 3.77. The van der Waals surface area contributed by atoms with E-state index in [0.29, 0.717) is 23.6 Å². The lowest BCUT2D eigenvalue weighted by Gasteiger charge is -2.23. The second-order valence-electron chi connectivity index (χ2n) is 9.39. The summed E-state index contributed by atoms with van der Waals surface area (Å²) in [6, 6.07) is 20.4. The van der Waals surface area contributed by atoms with Crippen molar-refractivity contribution >= 4 is 33.4 Å². The first kappa shape index (κ1) is 23.1. The molecule has 0 atom stereocenters. The SMILES string of the molecule is NC(=O)c1c(CO)c2ccc(C(N)=NC3CCC(N)CC3)cc2n1Cc1cccc2ccccc12. The molecule has 7 N–H and O–H groups in total. The molecular formula is C28H31N5O2. The number of hydrogen-bond acceptors (Lipinski definition) is 4. The molecule has 1 saturated carbocycles. The van der Waals surface area contributed by atoms with Crippen LogP contribution in [0.15, 0.2) is 65.7 Å². The molecule has 0 unspecified atom stereocenters. The van der Waals surface area contributed by atoms with Gasteiger partial charge in [-0.15, -0.1) is 0 Å². The summed E-state index contributed by atoms with van der Waals surface area (Å²) in [5.74, 6) is -0.108. The summed E-state index contributed by atoms with van der Waals surface area (Å²) < 4.78 is 1.89. The van der Waals surface area contributed by atoms with Gasteiger partial charge in [-0.3, -0.25) is 9.79 Å². The molecule has 0 saturated heterocycles. The average Bonchev–Trinajstić information content (AvgIpc) is 3.18. The van der Waals surface area contributed by atoms with Crippen molar-refractivity contribution in [3.8, 4) is 0 Å². The molecule has 180 valence electrons. The highest BCUT2D eigenvalue weighted by atomic mass is 16.3. The Bertz CT molecular complexity index is 1430. The minimum Gasteiger partial charge on any atom is -0.392 e. The molecule has 0 spiro atoms. The number of nitrogens with two attached hydrogens (primary N) is 3. The van der Waals surface area contributed by atoms with E-state index in [1.165, 1.54) is 0 Å². The summed E-state index contributed by atoms with van der Waals surface area (Å²) in [7, 11) is 0. The van der Waals surface area contributed by atoms with E-state index in [1.807, 2.05) is 47.0 Å². The maximum absolute atomic E-state index is 12.6. The third-order valence-corrected chi connectivity index (χ3v) is 7.13. The number of aliphatic imine (C=N–C) groups is 1. The Morgan fingerprint density at radius 2 is 1.71 bits per heavy atom. The summed E-state index contributed by atoms with van der Waals surface area (Å²) >= 11 is 0. The maximum atomic E-state index is 12.6. The van der Waals surface area contributed by atoms with Gasteiger partial charge >= 0.3 is 0 Å². The number of carbonyl (C=O) groups is 1. The first-order chi connectivity index (χ1) is 17.0. The van der Waals surface area contributed by atoms with E-state index in [0.717, 1.165) is 58.5 Å². The van der Waals surface area contributed by atoms with Crippen LogP contribution in [-0.4, -0.2) is 33.5 Å². The number of nitrogens with zero attached hydrogens (tertiary/aromatic N) is 2. The third-order valence-electron chi connectivity index (χ3n) is 7.13. The van der Waals surface area contributed by atoms with Gasteiger partial charge in [-0.1, -0.05) is 54.6 Å². The predicted octanol–water partition coefficient (Wildman–Crippen LogP) is 3.41. The zero-order valence-corrected chi connectivity index (χ0v) is 19.7. The lowest BCUT2D eigenvalue weighted by molar-refractivity contribution is 0.0989. The number of rotatable bonds is 6. The molecule has 4 aromatic rings. The highest BCUT2D eigenvalue weighted by molar-refractivity contribution is 6.05. The Morgan fingerprint density at radius 1 is 0.971 bits per heavy atom. The molecule has 1 amide bonds. The smallest absolute Gasteiger partial charge is 0.265 e. The summed E-state index contributed by atoms with van der Waals surface area (Å²) in [6.45, 7) is 0.139. The van der Waals surface area contributed by atoms with E-state index >= 15 is 0 Å². The quantitative estimate of drug-likeness (QED) is 0.254. The highest BCUT2D eigenvalue weighted by Crippen LogP contribution is 2.30. The Hall–Kier alpha value is -3.68. The van der Waals surface area contributed by atoms with Gasteiger partial charge in [0.05, 0.1) is 18.2 Å². The number of hydrogen-bond donors (Lipinski definition) is 4. The van der Waals surface area contributed by atoms with Crippen LogP contribution < -0.4 is 17.2 Å². The van der Waals surface area contributed by atoms with Crippen LogP contribution in [0.5, 0.6) is 0 Å². The van der Waals surface area contributed by atoms with Gasteiger partial charge in [-0.05, 0) is 48.1 Å². The van der Waals surface area contributed by atoms with Gasteiger partial charge in [-0.25, -0.2) is 0 Å². The van der Waals surface area contributed by atoms with E-state index in [1.54, 1.807) is 0 Å². The topological polar surface area (TPSA) is 133 Å². The van der Waals surface area contributed by atoms with E-state index < -0.39 is 5.91 Å². The van der Waals surface area contributed by atoms with Gasteiger partial charge in [-0.2, -0.15) is 0 Å². The van der Waals surface area contributed by atoms with E-state index in [2.05, 4.69) is 18.2 Å². The van der Waals surface area contributed by atoms with Crippen molar-refractivity contribution in [2.75, 3.05) is 0 Å². The standard InChI is InChI=1S/C28H31N5O2/c29-20-9-11-21(12-10-20)32-27(30)18-8-13-23-24(16-34)26(28(31)35)33(25(23)14-18)15-19-6-3-5-17-4-1-2-7-22(17)19/h1-8,13-14,20-21,34H,9-12,15-16,29H2,(H2,30,32)(H2,31,35). The number of aliphatic hydroxyl groups is 1. The minimum atomic E-state index is -0.577. The fraction of sp³-hybridized carbons (Fsp3) is 0.286. The van der Waals surface area contributed by atoms with E-state index in [4.69, 9.17) is 22.2 Å². The van der Waals surface area contributed by atoms with Crippen molar-refractivity contribution in [3.63, 3.8) is 0 Å². The molecule has 7 nitrogen and oxygen atoms in total. The largest absolute Gasteiger partial charge is 0.392 e. The number of amidine groups is 1. The predicted molar refractivity (Wildman–Crippen MR) is 140 cm³/mol. The monoisotopic (exact) mass is 469 g/mol. The van der Waals surface area contributed by atoms with Crippen LogP contribution in [0.25, 0.3) is 21.7 Å². The molecule has 1 aliphatic rings. The molecule has 1 aliphatic carbocycles. The van der Waals surface area contributed by atoms with Crippen LogP contribution in [0.4, 0.5) is 0 Å². The number of aliphatic hydroxyl groups excluding tert-OH is 1. The Morgan fingerprint density at radius 3 is 2.46 bits per heavy atom. The molecule has 0 bridgehead atoms. The second kappa shape index (κ2) is 9.52. The third kappa shape index (κ3) is 4.40. The molecular weight excluding hydrogens is 438 g/mol. The van der Waals surface area contributed by atoms with Crippen LogP contribution in [0.2, 0.25) is 0 Å². The zero-order chi connectivity index (χ0) is 24.5. The van der Waals surface area contributed by atoms with Crippen LogP contribution in [0.3, 0.4) is 0 Å². The van der Waals surface area contributed by atoms with Gasteiger partial charge in [0.25, 0.3) is 5.91 Å². The molecule has 35 heavy (non-hydrogen) atoms. The Balaban J connectivity index is 1.62. The van der Waals surface area contributed by atoms with Crippen molar-refractivity contribution in [2.24, 2.45) is 22.2 Å². The number of aromatic nitrogens is 1. The van der Waals surface area contributed by atoms with Gasteiger partial charge in [0.1, 0.15) is 11.5 Å². The molecule has 5 rings (SSSR count). The molecule has 0 radical (unpaired) electrons. The second-order valence-corrected chi connectivity index (χ2v) is 9.39. The van der Waals surface area contributed by atoms with Crippen molar-refractivity contribution in [3.05, 3.63) is 83.0 Å². The number of fused-ring (bicyclic) bond motifs is 2. The molecule has 1 aromatic heterocycles. The van der Waals surface area contributed by atoms with Crippen molar-refractivity contribution in [1.82, 2.24) is 4.57 Å². The first-order valence-electron chi connectivity index (χ1n) is 12.1. The molecule has 1 heterocycles. The van der Waals surface area contributed by atoms with Crippen LogP contribution in [-0.2, 0) is 13.2 Å². The van der Waals surface area contributed by atoms with Crippen LogP contribution in [0.1, 0.15) is 52.9 Å². The zero-order valence-electron chi connectivity index (χ0n) is 19.7. The molecule has 7 heteroatoms. The summed E-state index contributed by atoms with van der Waals surface area (Å²) in [5, 5.41) is 13.2. The van der Waals surface area contributed by atoms with Crippen molar-refractivity contribution < 1.29 is 9.90 Å². The van der Waals surface area contributed by atoms with Gasteiger partial charge < -0.3 is 26.9 Å². The summed E-state index contributed by atoms with van der Waals surface area (Å²) in [4.78, 5) is 17.3.